The Morgan fingerprint density at radius 2 is 1.76 bits per heavy atom. The largest absolute Gasteiger partial charge is 0.347 e. The highest BCUT2D eigenvalue weighted by Gasteiger charge is 2.42. The second kappa shape index (κ2) is 8.17. The average molecular weight is 367 g/mol. The molecule has 0 aromatic heterocycles. The Bertz CT molecular complexity index is 614. The molecule has 1 saturated heterocycles. The Balaban J connectivity index is 1.38. The fourth-order valence-corrected chi connectivity index (χ4v) is 3.35. The van der Waals surface area contributed by atoms with Crippen LogP contribution in [0.3, 0.4) is 0 Å². The van der Waals surface area contributed by atoms with Crippen molar-refractivity contribution in [3.05, 3.63) is 34.9 Å². The Hall–Kier alpha value is -1.63. The van der Waals surface area contributed by atoms with Crippen molar-refractivity contribution in [2.24, 2.45) is 0 Å². The molecule has 0 unspecified atom stereocenters. The second-order valence-corrected chi connectivity index (χ2v) is 6.98. The van der Waals surface area contributed by atoms with E-state index in [2.05, 4.69) is 10.6 Å². The topological polar surface area (TPSA) is 76.7 Å². The van der Waals surface area contributed by atoms with Crippen molar-refractivity contribution >= 4 is 23.4 Å². The van der Waals surface area contributed by atoms with Crippen LogP contribution in [0.2, 0.25) is 5.02 Å². The first-order chi connectivity index (χ1) is 12.1. The van der Waals surface area contributed by atoms with Gasteiger partial charge in [0.15, 0.2) is 5.79 Å². The Morgan fingerprint density at radius 1 is 1.08 bits per heavy atom. The maximum absolute atomic E-state index is 11.9. The monoisotopic (exact) mass is 366 g/mol. The maximum Gasteiger partial charge on any atom is 0.309 e. The summed E-state index contributed by atoms with van der Waals surface area (Å²) in [6.45, 7) is 0.997. The van der Waals surface area contributed by atoms with Crippen molar-refractivity contribution in [2.45, 2.75) is 50.5 Å². The molecule has 2 amide bonds. The molecule has 136 valence electrons. The first-order valence-electron chi connectivity index (χ1n) is 8.69. The number of benzene rings is 1. The summed E-state index contributed by atoms with van der Waals surface area (Å²) in [4.78, 5) is 23.8. The number of rotatable bonds is 4. The third-order valence-corrected chi connectivity index (χ3v) is 4.84. The number of ether oxygens (including phenoxy) is 2. The zero-order valence-corrected chi connectivity index (χ0v) is 14.8. The summed E-state index contributed by atoms with van der Waals surface area (Å²) >= 11 is 5.81. The minimum Gasteiger partial charge on any atom is -0.347 e. The molecule has 1 aromatic rings. The molecule has 1 heterocycles. The number of hydrogen-bond acceptors (Lipinski definition) is 4. The van der Waals surface area contributed by atoms with Gasteiger partial charge >= 0.3 is 11.8 Å². The van der Waals surface area contributed by atoms with Crippen LogP contribution >= 0.6 is 11.6 Å². The fourth-order valence-electron chi connectivity index (χ4n) is 3.22. The minimum absolute atomic E-state index is 0.203. The van der Waals surface area contributed by atoms with Crippen molar-refractivity contribution in [1.82, 2.24) is 10.6 Å². The van der Waals surface area contributed by atoms with Crippen LogP contribution in [0.15, 0.2) is 24.3 Å². The van der Waals surface area contributed by atoms with E-state index in [0.717, 1.165) is 31.2 Å². The molecule has 1 aromatic carbocycles. The van der Waals surface area contributed by atoms with Gasteiger partial charge in [-0.15, -0.1) is 0 Å². The highest BCUT2D eigenvalue weighted by Crippen LogP contribution is 2.37. The molecule has 6 nitrogen and oxygen atoms in total. The van der Waals surface area contributed by atoms with Gasteiger partial charge in [0.2, 0.25) is 0 Å². The molecule has 1 aliphatic heterocycles. The van der Waals surface area contributed by atoms with Gasteiger partial charge in [0.1, 0.15) is 6.10 Å². The molecule has 25 heavy (non-hydrogen) atoms. The molecule has 1 aliphatic carbocycles. The van der Waals surface area contributed by atoms with Crippen LogP contribution in [-0.2, 0) is 25.6 Å². The number of hydrogen-bond donors (Lipinski definition) is 2. The van der Waals surface area contributed by atoms with Gasteiger partial charge in [-0.2, -0.15) is 0 Å². The molecular formula is C18H23ClN2O4. The Labute approximate surface area is 152 Å². The number of nitrogens with one attached hydrogen (secondary N) is 2. The SMILES string of the molecule is O=C(NCc1ccc(Cl)cc1)C(=O)NC[C@H]1COC2(CCCCC2)O1. The summed E-state index contributed by atoms with van der Waals surface area (Å²) in [5, 5.41) is 5.83. The second-order valence-electron chi connectivity index (χ2n) is 6.54. The van der Waals surface area contributed by atoms with E-state index in [1.165, 1.54) is 6.42 Å². The number of carbonyl (C=O) groups is 2. The van der Waals surface area contributed by atoms with Gasteiger partial charge in [-0.3, -0.25) is 9.59 Å². The average Bonchev–Trinajstić information content (AvgIpc) is 3.02. The van der Waals surface area contributed by atoms with E-state index in [0.29, 0.717) is 11.6 Å². The van der Waals surface area contributed by atoms with Crippen LogP contribution in [0, 0.1) is 0 Å². The summed E-state index contributed by atoms with van der Waals surface area (Å²) in [5.41, 5.74) is 0.873. The zero-order valence-electron chi connectivity index (χ0n) is 14.1. The lowest BCUT2D eigenvalue weighted by Crippen LogP contribution is -2.43. The van der Waals surface area contributed by atoms with E-state index in [4.69, 9.17) is 21.1 Å². The lowest BCUT2D eigenvalue weighted by Gasteiger charge is -2.31. The quantitative estimate of drug-likeness (QED) is 0.800. The number of halogens is 1. The van der Waals surface area contributed by atoms with Crippen LogP contribution in [-0.4, -0.2) is 36.9 Å². The Morgan fingerprint density at radius 3 is 2.48 bits per heavy atom. The van der Waals surface area contributed by atoms with Crippen molar-refractivity contribution in [1.29, 1.82) is 0 Å². The van der Waals surface area contributed by atoms with Crippen molar-refractivity contribution in [3.8, 4) is 0 Å². The van der Waals surface area contributed by atoms with Crippen molar-refractivity contribution in [2.75, 3.05) is 13.2 Å². The number of carbonyl (C=O) groups excluding carboxylic acids is 2. The molecule has 7 heteroatoms. The zero-order chi connectivity index (χ0) is 17.7. The van der Waals surface area contributed by atoms with Gasteiger partial charge in [0.25, 0.3) is 0 Å². The molecular weight excluding hydrogens is 344 g/mol. The predicted molar refractivity (Wildman–Crippen MR) is 92.9 cm³/mol. The van der Waals surface area contributed by atoms with Gasteiger partial charge in [0, 0.05) is 31.0 Å². The smallest absolute Gasteiger partial charge is 0.309 e. The number of amides is 2. The van der Waals surface area contributed by atoms with E-state index in [1.54, 1.807) is 24.3 Å². The highest BCUT2D eigenvalue weighted by atomic mass is 35.5. The van der Waals surface area contributed by atoms with E-state index < -0.39 is 17.6 Å². The summed E-state index contributed by atoms with van der Waals surface area (Å²) in [5.74, 6) is -1.80. The summed E-state index contributed by atoms with van der Waals surface area (Å²) < 4.78 is 11.8. The van der Waals surface area contributed by atoms with Crippen molar-refractivity contribution < 1.29 is 19.1 Å². The third-order valence-electron chi connectivity index (χ3n) is 4.59. The summed E-state index contributed by atoms with van der Waals surface area (Å²) in [6.07, 6.45) is 5.02. The van der Waals surface area contributed by atoms with E-state index in [9.17, 15) is 9.59 Å². The molecule has 0 radical (unpaired) electrons. The first kappa shape index (κ1) is 18.2. The summed E-state index contributed by atoms with van der Waals surface area (Å²) in [6, 6.07) is 7.07. The van der Waals surface area contributed by atoms with Crippen LogP contribution in [0.5, 0.6) is 0 Å². The molecule has 1 saturated carbocycles. The van der Waals surface area contributed by atoms with E-state index in [-0.39, 0.29) is 19.2 Å². The summed E-state index contributed by atoms with van der Waals surface area (Å²) in [7, 11) is 0. The molecule has 1 atom stereocenters. The molecule has 2 aliphatic rings. The normalized spacial score (nSPS) is 21.9. The molecule has 1 spiro atoms. The first-order valence-corrected chi connectivity index (χ1v) is 9.06. The van der Waals surface area contributed by atoms with Gasteiger partial charge in [-0.05, 0) is 30.5 Å². The molecule has 0 bridgehead atoms. The molecule has 3 rings (SSSR count). The Kier molecular flexibility index (Phi) is 5.93. The third kappa shape index (κ3) is 4.93. The van der Waals surface area contributed by atoms with Crippen LogP contribution < -0.4 is 10.6 Å². The van der Waals surface area contributed by atoms with Crippen LogP contribution in [0.4, 0.5) is 0 Å². The van der Waals surface area contributed by atoms with Gasteiger partial charge in [0.05, 0.1) is 6.61 Å². The van der Waals surface area contributed by atoms with E-state index >= 15 is 0 Å². The van der Waals surface area contributed by atoms with Gasteiger partial charge in [-0.25, -0.2) is 0 Å². The van der Waals surface area contributed by atoms with Crippen LogP contribution in [0.25, 0.3) is 0 Å². The molecule has 2 fully saturated rings. The lowest BCUT2D eigenvalue weighted by molar-refractivity contribution is -0.186. The maximum atomic E-state index is 11.9. The standard InChI is InChI=1S/C18H23ClN2O4/c19-14-6-4-13(5-7-14)10-20-16(22)17(23)21-11-15-12-24-18(25-15)8-2-1-3-9-18/h4-7,15H,1-3,8-12H2,(H,20,22)(H,21,23)/t15-/m0/s1. The van der Waals surface area contributed by atoms with E-state index in [1.807, 2.05) is 0 Å². The van der Waals surface area contributed by atoms with Gasteiger partial charge in [-0.1, -0.05) is 30.2 Å². The fraction of sp³-hybridized carbons (Fsp3) is 0.556. The van der Waals surface area contributed by atoms with Gasteiger partial charge < -0.3 is 20.1 Å². The van der Waals surface area contributed by atoms with Crippen LogP contribution in [0.1, 0.15) is 37.7 Å². The predicted octanol–water partition coefficient (Wildman–Crippen LogP) is 2.15. The molecule has 2 N–H and O–H groups in total. The van der Waals surface area contributed by atoms with Crippen molar-refractivity contribution in [3.63, 3.8) is 0 Å². The highest BCUT2D eigenvalue weighted by molar-refractivity contribution is 6.35. The minimum atomic E-state index is -0.666. The lowest BCUT2D eigenvalue weighted by atomic mass is 9.94.